The zero-order chi connectivity index (χ0) is 13.2. The summed E-state index contributed by atoms with van der Waals surface area (Å²) >= 11 is 0. The molecule has 0 unspecified atom stereocenters. The van der Waals surface area contributed by atoms with Crippen LogP contribution in [0.25, 0.3) is 0 Å². The molecule has 0 bridgehead atoms. The van der Waals surface area contributed by atoms with Crippen molar-refractivity contribution in [3.05, 3.63) is 60.2 Å². The molecule has 2 rings (SSSR count). The van der Waals surface area contributed by atoms with E-state index in [2.05, 4.69) is 24.1 Å². The van der Waals surface area contributed by atoms with E-state index < -0.39 is 0 Å². The highest BCUT2D eigenvalue weighted by Gasteiger charge is 1.89. The number of benzene rings is 2. The first-order chi connectivity index (χ1) is 8.76. The molecule has 2 nitrogen and oxygen atoms in total. The second-order valence-corrected chi connectivity index (χ2v) is 4.08. The van der Waals surface area contributed by atoms with Crippen LogP contribution in [0.3, 0.4) is 0 Å². The Hall–Kier alpha value is -1.96. The van der Waals surface area contributed by atoms with Gasteiger partial charge in [-0.3, -0.25) is 0 Å². The van der Waals surface area contributed by atoms with Crippen molar-refractivity contribution in [2.75, 3.05) is 0 Å². The Morgan fingerprint density at radius 1 is 0.778 bits per heavy atom. The Bertz CT molecular complexity index is 475. The number of nitrogens with zero attached hydrogens (tertiary/aromatic N) is 2. The lowest BCUT2D eigenvalue weighted by Gasteiger charge is -1.94. The van der Waals surface area contributed by atoms with Crippen molar-refractivity contribution in [3.63, 3.8) is 0 Å². The van der Waals surface area contributed by atoms with Crippen LogP contribution < -0.4 is 0 Å². The largest absolute Gasteiger partial charge is 0.151 e. The number of azo groups is 1. The van der Waals surface area contributed by atoms with Gasteiger partial charge in [-0.15, -0.1) is 0 Å². The summed E-state index contributed by atoms with van der Waals surface area (Å²) in [5, 5.41) is 8.30. The van der Waals surface area contributed by atoms with Gasteiger partial charge in [-0.2, -0.15) is 10.2 Å². The molecule has 94 valence electrons. The monoisotopic (exact) mass is 240 g/mol. The van der Waals surface area contributed by atoms with Crippen LogP contribution in [0, 0.1) is 6.92 Å². The van der Waals surface area contributed by atoms with Crippen LogP contribution in [-0.2, 0) is 0 Å². The summed E-state index contributed by atoms with van der Waals surface area (Å²) in [6.45, 7) is 6.29. The van der Waals surface area contributed by atoms with Crippen molar-refractivity contribution in [2.45, 2.75) is 27.2 Å². The molecule has 0 amide bonds. The number of hydrogen-bond acceptors (Lipinski definition) is 2. The maximum atomic E-state index is 4.16. The Morgan fingerprint density at radius 2 is 1.33 bits per heavy atom. The lowest BCUT2D eigenvalue weighted by atomic mass is 10.2. The minimum absolute atomic E-state index is 0.874. The first kappa shape index (κ1) is 14.1. The second-order valence-electron chi connectivity index (χ2n) is 4.08. The zero-order valence-corrected chi connectivity index (χ0v) is 11.3. The molecule has 0 aromatic heterocycles. The maximum Gasteiger partial charge on any atom is 0.0859 e. The van der Waals surface area contributed by atoms with Gasteiger partial charge in [0.15, 0.2) is 0 Å². The van der Waals surface area contributed by atoms with Crippen molar-refractivity contribution in [1.82, 2.24) is 0 Å². The Balaban J connectivity index is 0.000000492. The van der Waals surface area contributed by atoms with Crippen LogP contribution in [0.1, 0.15) is 25.8 Å². The third-order valence-corrected chi connectivity index (χ3v) is 2.04. The molecule has 0 spiro atoms. The summed E-state index contributed by atoms with van der Waals surface area (Å²) in [4.78, 5) is 0. The molecule has 0 saturated heterocycles. The van der Waals surface area contributed by atoms with Gasteiger partial charge in [0.1, 0.15) is 0 Å². The van der Waals surface area contributed by atoms with E-state index in [1.165, 1.54) is 12.0 Å². The Labute approximate surface area is 109 Å². The minimum atomic E-state index is 0.874. The van der Waals surface area contributed by atoms with Crippen molar-refractivity contribution in [1.29, 1.82) is 0 Å². The van der Waals surface area contributed by atoms with E-state index in [1.807, 2.05) is 61.5 Å². The molecule has 0 heterocycles. The summed E-state index contributed by atoms with van der Waals surface area (Å²) in [5.41, 5.74) is 2.96. The SMILES string of the molecule is CCC.Cc1cccc(N=Nc2ccccc2)c1. The van der Waals surface area contributed by atoms with Gasteiger partial charge in [-0.05, 0) is 36.8 Å². The molecular weight excluding hydrogens is 220 g/mol. The quantitative estimate of drug-likeness (QED) is 0.590. The summed E-state index contributed by atoms with van der Waals surface area (Å²) in [6.07, 6.45) is 1.25. The first-order valence-corrected chi connectivity index (χ1v) is 6.29. The summed E-state index contributed by atoms with van der Waals surface area (Å²) in [6, 6.07) is 17.7. The molecule has 0 aliphatic carbocycles. The van der Waals surface area contributed by atoms with Crippen LogP contribution in [0.15, 0.2) is 64.8 Å². The van der Waals surface area contributed by atoms with E-state index in [9.17, 15) is 0 Å². The summed E-state index contributed by atoms with van der Waals surface area (Å²) in [5.74, 6) is 0. The fourth-order valence-electron chi connectivity index (χ4n) is 1.30. The van der Waals surface area contributed by atoms with Gasteiger partial charge in [0.2, 0.25) is 0 Å². The van der Waals surface area contributed by atoms with Crippen LogP contribution in [0.4, 0.5) is 11.4 Å². The molecule has 2 aromatic rings. The van der Waals surface area contributed by atoms with Gasteiger partial charge >= 0.3 is 0 Å². The number of hydrogen-bond donors (Lipinski definition) is 0. The fourth-order valence-corrected chi connectivity index (χ4v) is 1.30. The molecule has 0 atom stereocenters. The van der Waals surface area contributed by atoms with Gasteiger partial charge in [0, 0.05) is 0 Å². The Kier molecular flexibility index (Phi) is 6.41. The highest BCUT2D eigenvalue weighted by atomic mass is 15.1. The van der Waals surface area contributed by atoms with E-state index in [0.717, 1.165) is 11.4 Å². The predicted molar refractivity (Wildman–Crippen MR) is 77.8 cm³/mol. The van der Waals surface area contributed by atoms with Gasteiger partial charge in [-0.1, -0.05) is 50.6 Å². The molecule has 18 heavy (non-hydrogen) atoms. The van der Waals surface area contributed by atoms with Gasteiger partial charge in [0.05, 0.1) is 11.4 Å². The third-order valence-electron chi connectivity index (χ3n) is 2.04. The van der Waals surface area contributed by atoms with E-state index >= 15 is 0 Å². The van der Waals surface area contributed by atoms with Crippen molar-refractivity contribution < 1.29 is 0 Å². The average Bonchev–Trinajstić information content (AvgIpc) is 2.39. The second kappa shape index (κ2) is 8.18. The fraction of sp³-hybridized carbons (Fsp3) is 0.250. The van der Waals surface area contributed by atoms with Crippen LogP contribution in [-0.4, -0.2) is 0 Å². The number of aryl methyl sites for hydroxylation is 1. The standard InChI is InChI=1S/C13H12N2.C3H8/c1-11-6-5-9-13(10-11)15-14-12-7-3-2-4-8-12;1-3-2/h2-10H,1H3;3H2,1-2H3. The van der Waals surface area contributed by atoms with Crippen molar-refractivity contribution in [3.8, 4) is 0 Å². The van der Waals surface area contributed by atoms with E-state index in [-0.39, 0.29) is 0 Å². The highest BCUT2D eigenvalue weighted by Crippen LogP contribution is 2.18. The summed E-state index contributed by atoms with van der Waals surface area (Å²) in [7, 11) is 0. The van der Waals surface area contributed by atoms with E-state index in [0.29, 0.717) is 0 Å². The smallest absolute Gasteiger partial charge is 0.0859 e. The normalized spacial score (nSPS) is 9.94. The summed E-state index contributed by atoms with van der Waals surface area (Å²) < 4.78 is 0. The molecule has 0 radical (unpaired) electrons. The molecule has 2 aromatic carbocycles. The molecule has 0 fully saturated rings. The molecule has 0 aliphatic rings. The lowest BCUT2D eigenvalue weighted by molar-refractivity contribution is 1.09. The molecule has 0 aliphatic heterocycles. The molecule has 2 heteroatoms. The lowest BCUT2D eigenvalue weighted by Crippen LogP contribution is -1.68. The van der Waals surface area contributed by atoms with Gasteiger partial charge in [-0.25, -0.2) is 0 Å². The average molecular weight is 240 g/mol. The maximum absolute atomic E-state index is 4.16. The van der Waals surface area contributed by atoms with Gasteiger partial charge in [0.25, 0.3) is 0 Å². The van der Waals surface area contributed by atoms with Crippen LogP contribution in [0.5, 0.6) is 0 Å². The predicted octanol–water partition coefficient (Wildman–Crippen LogP) is 5.83. The van der Waals surface area contributed by atoms with Crippen LogP contribution >= 0.6 is 0 Å². The van der Waals surface area contributed by atoms with E-state index in [1.54, 1.807) is 0 Å². The minimum Gasteiger partial charge on any atom is -0.151 e. The third kappa shape index (κ3) is 5.39. The highest BCUT2D eigenvalue weighted by molar-refractivity contribution is 5.41. The van der Waals surface area contributed by atoms with Gasteiger partial charge < -0.3 is 0 Å². The Morgan fingerprint density at radius 3 is 1.94 bits per heavy atom. The molecule has 0 N–H and O–H groups in total. The van der Waals surface area contributed by atoms with Crippen molar-refractivity contribution in [2.24, 2.45) is 10.2 Å². The van der Waals surface area contributed by atoms with Crippen LogP contribution in [0.2, 0.25) is 0 Å². The number of rotatable bonds is 2. The molecular formula is C16H20N2. The first-order valence-electron chi connectivity index (χ1n) is 6.29. The van der Waals surface area contributed by atoms with E-state index in [4.69, 9.17) is 0 Å². The topological polar surface area (TPSA) is 24.7 Å². The molecule has 0 saturated carbocycles. The zero-order valence-electron chi connectivity index (χ0n) is 11.3. The van der Waals surface area contributed by atoms with Crippen molar-refractivity contribution >= 4 is 11.4 Å².